The molecule has 1 aliphatic rings. The summed E-state index contributed by atoms with van der Waals surface area (Å²) < 4.78 is 18.4. The molecular weight excluding hydrogens is 259 g/mol. The summed E-state index contributed by atoms with van der Waals surface area (Å²) in [6.45, 7) is 0.642. The highest BCUT2D eigenvalue weighted by molar-refractivity contribution is 6.30. The summed E-state index contributed by atoms with van der Waals surface area (Å²) in [5.41, 5.74) is 0.393. The second kappa shape index (κ2) is 5.65. The van der Waals surface area contributed by atoms with E-state index in [1.54, 1.807) is 13.2 Å². The lowest BCUT2D eigenvalue weighted by Crippen LogP contribution is -2.35. The van der Waals surface area contributed by atoms with E-state index in [4.69, 9.17) is 16.3 Å². The number of nitrogens with one attached hydrogen (secondary N) is 2. The summed E-state index contributed by atoms with van der Waals surface area (Å²) in [5.74, 6) is -0.750. The minimum atomic E-state index is -0.552. The number of amides is 1. The second-order valence-corrected chi connectivity index (χ2v) is 4.58. The molecule has 1 fully saturated rings. The fraction of sp³-hybridized carbons (Fsp3) is 0.417. The van der Waals surface area contributed by atoms with Crippen LogP contribution < -0.4 is 10.6 Å². The summed E-state index contributed by atoms with van der Waals surface area (Å²) in [6.07, 6.45) is 0.654. The zero-order chi connectivity index (χ0) is 13.1. The van der Waals surface area contributed by atoms with Crippen molar-refractivity contribution in [3.63, 3.8) is 0 Å². The lowest BCUT2D eigenvalue weighted by Gasteiger charge is -2.11. The molecule has 4 nitrogen and oxygen atoms in total. The molecule has 0 aliphatic carbocycles. The number of carbonyl (C=O) groups is 1. The summed E-state index contributed by atoms with van der Waals surface area (Å²) in [5, 5.41) is 5.72. The third-order valence-electron chi connectivity index (χ3n) is 2.93. The molecule has 98 valence electrons. The molecule has 0 spiro atoms. The number of halogens is 2. The van der Waals surface area contributed by atoms with Gasteiger partial charge < -0.3 is 15.4 Å². The average Bonchev–Trinajstić information content (AvgIpc) is 2.82. The molecule has 1 heterocycles. The molecule has 1 aliphatic heterocycles. The van der Waals surface area contributed by atoms with Gasteiger partial charge in [0.15, 0.2) is 0 Å². The van der Waals surface area contributed by atoms with Crippen LogP contribution in [-0.4, -0.2) is 31.7 Å². The van der Waals surface area contributed by atoms with E-state index >= 15 is 0 Å². The first-order valence-electron chi connectivity index (χ1n) is 5.62. The number of hydrogen-bond acceptors (Lipinski definition) is 3. The first-order chi connectivity index (χ1) is 8.60. The van der Waals surface area contributed by atoms with Crippen molar-refractivity contribution in [1.82, 2.24) is 5.32 Å². The summed E-state index contributed by atoms with van der Waals surface area (Å²) >= 11 is 5.57. The van der Waals surface area contributed by atoms with Crippen LogP contribution in [0.5, 0.6) is 0 Å². The molecule has 2 rings (SSSR count). The molecular formula is C12H14ClFN2O2. The van der Waals surface area contributed by atoms with Crippen molar-refractivity contribution in [2.75, 3.05) is 19.0 Å². The van der Waals surface area contributed by atoms with Crippen molar-refractivity contribution in [3.8, 4) is 0 Å². The molecule has 0 radical (unpaired) electrons. The van der Waals surface area contributed by atoms with E-state index in [-0.39, 0.29) is 23.1 Å². The van der Waals surface area contributed by atoms with Gasteiger partial charge in [-0.15, -0.1) is 0 Å². The van der Waals surface area contributed by atoms with E-state index in [0.717, 1.165) is 0 Å². The molecule has 2 unspecified atom stereocenters. The van der Waals surface area contributed by atoms with Crippen molar-refractivity contribution in [2.45, 2.75) is 18.6 Å². The van der Waals surface area contributed by atoms with E-state index < -0.39 is 5.82 Å². The average molecular weight is 273 g/mol. The lowest BCUT2D eigenvalue weighted by molar-refractivity contribution is -0.118. The molecule has 6 heteroatoms. The fourth-order valence-electron chi connectivity index (χ4n) is 1.89. The van der Waals surface area contributed by atoms with Gasteiger partial charge in [-0.25, -0.2) is 4.39 Å². The van der Waals surface area contributed by atoms with Gasteiger partial charge in [0.2, 0.25) is 5.91 Å². The third kappa shape index (κ3) is 2.98. The van der Waals surface area contributed by atoms with Crippen LogP contribution in [0.2, 0.25) is 5.02 Å². The highest BCUT2D eigenvalue weighted by atomic mass is 35.5. The molecule has 0 aromatic heterocycles. The van der Waals surface area contributed by atoms with Crippen LogP contribution in [0.15, 0.2) is 18.2 Å². The molecule has 1 saturated heterocycles. The molecule has 1 aromatic rings. The topological polar surface area (TPSA) is 50.4 Å². The monoisotopic (exact) mass is 272 g/mol. The Kier molecular flexibility index (Phi) is 4.16. The van der Waals surface area contributed by atoms with E-state index in [0.29, 0.717) is 18.7 Å². The van der Waals surface area contributed by atoms with Gasteiger partial charge >= 0.3 is 0 Å². The van der Waals surface area contributed by atoms with Gasteiger partial charge in [0, 0.05) is 19.3 Å². The van der Waals surface area contributed by atoms with Crippen LogP contribution in [0.3, 0.4) is 0 Å². The fourth-order valence-corrected chi connectivity index (χ4v) is 2.00. The van der Waals surface area contributed by atoms with Crippen molar-refractivity contribution < 1.29 is 13.9 Å². The van der Waals surface area contributed by atoms with Crippen LogP contribution in [-0.2, 0) is 9.53 Å². The minimum absolute atomic E-state index is 0.0337. The van der Waals surface area contributed by atoms with Gasteiger partial charge in [0.1, 0.15) is 5.82 Å². The smallest absolute Gasteiger partial charge is 0.241 e. The highest BCUT2D eigenvalue weighted by Gasteiger charge is 2.29. The maximum Gasteiger partial charge on any atom is 0.241 e. The number of methoxy groups -OCH3 is 1. The number of carbonyl (C=O) groups excluding carboxylic acids is 1. The van der Waals surface area contributed by atoms with Gasteiger partial charge in [-0.1, -0.05) is 11.6 Å². The van der Waals surface area contributed by atoms with Gasteiger partial charge in [0.25, 0.3) is 0 Å². The molecule has 2 N–H and O–H groups in total. The van der Waals surface area contributed by atoms with Crippen molar-refractivity contribution in [2.24, 2.45) is 0 Å². The van der Waals surface area contributed by atoms with Crippen LogP contribution in [0.1, 0.15) is 6.42 Å². The third-order valence-corrected chi connectivity index (χ3v) is 3.23. The maximum atomic E-state index is 13.2. The minimum Gasteiger partial charge on any atom is -0.380 e. The normalized spacial score (nSPS) is 23.1. The largest absolute Gasteiger partial charge is 0.380 e. The number of hydrogen-bond donors (Lipinski definition) is 2. The number of rotatable bonds is 3. The second-order valence-electron chi connectivity index (χ2n) is 4.17. The quantitative estimate of drug-likeness (QED) is 0.882. The van der Waals surface area contributed by atoms with E-state index in [2.05, 4.69) is 10.6 Å². The summed E-state index contributed by atoms with van der Waals surface area (Å²) in [4.78, 5) is 11.9. The Morgan fingerprint density at radius 3 is 3.00 bits per heavy atom. The van der Waals surface area contributed by atoms with Crippen molar-refractivity contribution in [3.05, 3.63) is 29.0 Å². The van der Waals surface area contributed by atoms with Gasteiger partial charge in [-0.2, -0.15) is 0 Å². The predicted molar refractivity (Wildman–Crippen MR) is 67.2 cm³/mol. The predicted octanol–water partition coefficient (Wildman–Crippen LogP) is 1.79. The molecule has 0 bridgehead atoms. The molecule has 0 saturated carbocycles. The first-order valence-corrected chi connectivity index (χ1v) is 6.00. The van der Waals surface area contributed by atoms with Crippen molar-refractivity contribution in [1.29, 1.82) is 0 Å². The number of benzene rings is 1. The Labute approximate surface area is 109 Å². The SMILES string of the molecule is COC1CNC(C(=O)Nc2ccc(Cl)c(F)c2)C1. The standard InChI is InChI=1S/C12H14ClFN2O2/c1-18-8-5-11(15-6-8)12(17)16-7-2-3-9(13)10(14)4-7/h2-4,8,11,15H,5-6H2,1H3,(H,16,17). The van der Waals surface area contributed by atoms with E-state index in [1.807, 2.05) is 0 Å². The maximum absolute atomic E-state index is 13.2. The Morgan fingerprint density at radius 1 is 1.61 bits per heavy atom. The van der Waals surface area contributed by atoms with Crippen LogP contribution in [0.25, 0.3) is 0 Å². The summed E-state index contributed by atoms with van der Waals surface area (Å²) in [6, 6.07) is 3.86. The Hall–Kier alpha value is -1.17. The van der Waals surface area contributed by atoms with Crippen LogP contribution in [0, 0.1) is 5.82 Å². The highest BCUT2D eigenvalue weighted by Crippen LogP contribution is 2.19. The van der Waals surface area contributed by atoms with E-state index in [1.165, 1.54) is 12.1 Å². The van der Waals surface area contributed by atoms with Crippen molar-refractivity contribution >= 4 is 23.2 Å². The molecule has 2 atom stereocenters. The van der Waals surface area contributed by atoms with Crippen LogP contribution >= 0.6 is 11.6 Å². The number of anilines is 1. The Bertz CT molecular complexity index is 456. The Morgan fingerprint density at radius 2 is 2.39 bits per heavy atom. The Balaban J connectivity index is 1.97. The van der Waals surface area contributed by atoms with E-state index in [9.17, 15) is 9.18 Å². The van der Waals surface area contributed by atoms with Gasteiger partial charge in [-0.3, -0.25) is 4.79 Å². The zero-order valence-electron chi connectivity index (χ0n) is 9.87. The first kappa shape index (κ1) is 13.3. The van der Waals surface area contributed by atoms with Crippen LogP contribution in [0.4, 0.5) is 10.1 Å². The van der Waals surface area contributed by atoms with Gasteiger partial charge in [0.05, 0.1) is 17.2 Å². The lowest BCUT2D eigenvalue weighted by atomic mass is 10.2. The molecule has 1 amide bonds. The molecule has 18 heavy (non-hydrogen) atoms. The summed E-state index contributed by atoms with van der Waals surface area (Å²) in [7, 11) is 1.61. The molecule has 1 aromatic carbocycles. The van der Waals surface area contributed by atoms with Gasteiger partial charge in [-0.05, 0) is 24.6 Å². The number of ether oxygens (including phenoxy) is 1. The zero-order valence-corrected chi connectivity index (χ0v) is 10.6.